The minimum atomic E-state index is -0.599. The topological polar surface area (TPSA) is 67.4 Å². The Morgan fingerprint density at radius 3 is 2.36 bits per heavy atom. The van der Waals surface area contributed by atoms with Gasteiger partial charge in [0.2, 0.25) is 0 Å². The first kappa shape index (κ1) is 20.9. The third-order valence-electron chi connectivity index (χ3n) is 6.20. The van der Waals surface area contributed by atoms with Crippen molar-refractivity contribution in [3.63, 3.8) is 0 Å². The Morgan fingerprint density at radius 1 is 1.21 bits per heavy atom. The predicted molar refractivity (Wildman–Crippen MR) is 113 cm³/mol. The summed E-state index contributed by atoms with van der Waals surface area (Å²) < 4.78 is 14.6. The van der Waals surface area contributed by atoms with Crippen LogP contribution in [0, 0.1) is 17.2 Å². The van der Waals surface area contributed by atoms with Crippen molar-refractivity contribution >= 4 is 23.5 Å². The van der Waals surface area contributed by atoms with Crippen molar-refractivity contribution in [3.05, 3.63) is 30.0 Å². The fourth-order valence-corrected chi connectivity index (χ4v) is 3.54. The highest BCUT2D eigenvalue weighted by Crippen LogP contribution is 2.37. The maximum atomic E-state index is 9.65. The summed E-state index contributed by atoms with van der Waals surface area (Å²) in [6.07, 6.45) is 2.05. The standard InChI is InChI=1S/C22H31BN2O3/c1-15(13-26)11-25-12-18(20(2,3)14-24)17-9-8-16(10-19(17)25)23-27-21(4,5)22(6,7)28-23/h8-10,12,15,26H,11,13H2,1-7H3/t15-/m0/s1. The van der Waals surface area contributed by atoms with E-state index in [1.807, 2.05) is 60.7 Å². The average Bonchev–Trinajstić information content (AvgIpc) is 3.09. The van der Waals surface area contributed by atoms with Crippen molar-refractivity contribution in [1.29, 1.82) is 5.26 Å². The summed E-state index contributed by atoms with van der Waals surface area (Å²) in [4.78, 5) is 0. The molecule has 0 saturated carbocycles. The molecule has 2 heterocycles. The van der Waals surface area contributed by atoms with E-state index in [4.69, 9.17) is 9.31 Å². The number of benzene rings is 1. The van der Waals surface area contributed by atoms with Crippen molar-refractivity contribution in [3.8, 4) is 6.07 Å². The van der Waals surface area contributed by atoms with E-state index in [9.17, 15) is 10.4 Å². The number of rotatable bonds is 5. The molecule has 1 aromatic carbocycles. The zero-order valence-corrected chi connectivity index (χ0v) is 18.0. The molecule has 150 valence electrons. The van der Waals surface area contributed by atoms with Crippen LogP contribution in [0.2, 0.25) is 0 Å². The first-order valence-corrected chi connectivity index (χ1v) is 9.93. The van der Waals surface area contributed by atoms with Crippen molar-refractivity contribution in [2.24, 2.45) is 5.92 Å². The smallest absolute Gasteiger partial charge is 0.399 e. The summed E-state index contributed by atoms with van der Waals surface area (Å²) in [5, 5.41) is 20.2. The first-order chi connectivity index (χ1) is 12.9. The van der Waals surface area contributed by atoms with Crippen LogP contribution >= 0.6 is 0 Å². The Labute approximate surface area is 168 Å². The van der Waals surface area contributed by atoms with Gasteiger partial charge in [-0.2, -0.15) is 5.26 Å². The van der Waals surface area contributed by atoms with Gasteiger partial charge in [-0.25, -0.2) is 0 Å². The molecule has 2 aromatic rings. The fraction of sp³-hybridized carbons (Fsp3) is 0.591. The molecule has 0 aliphatic carbocycles. The van der Waals surface area contributed by atoms with Gasteiger partial charge in [-0.3, -0.25) is 0 Å². The Bertz CT molecular complexity index is 908. The largest absolute Gasteiger partial charge is 0.494 e. The van der Waals surface area contributed by atoms with E-state index < -0.39 is 23.7 Å². The van der Waals surface area contributed by atoms with Gasteiger partial charge in [0.25, 0.3) is 0 Å². The lowest BCUT2D eigenvalue weighted by Crippen LogP contribution is -2.41. The molecule has 0 radical (unpaired) electrons. The second-order valence-electron chi connectivity index (χ2n) is 9.58. The van der Waals surface area contributed by atoms with Gasteiger partial charge in [-0.15, -0.1) is 0 Å². The highest BCUT2D eigenvalue weighted by Gasteiger charge is 2.51. The monoisotopic (exact) mass is 382 g/mol. The molecule has 1 atom stereocenters. The van der Waals surface area contributed by atoms with Gasteiger partial charge in [0.05, 0.1) is 22.7 Å². The zero-order chi connectivity index (χ0) is 20.9. The number of aliphatic hydroxyl groups excluding tert-OH is 1. The molecule has 3 rings (SSSR count). The molecule has 0 spiro atoms. The van der Waals surface area contributed by atoms with Gasteiger partial charge in [0.15, 0.2) is 0 Å². The number of fused-ring (bicyclic) bond motifs is 1. The van der Waals surface area contributed by atoms with Gasteiger partial charge in [-0.05, 0) is 64.6 Å². The lowest BCUT2D eigenvalue weighted by atomic mass is 9.78. The third kappa shape index (κ3) is 3.48. The van der Waals surface area contributed by atoms with Gasteiger partial charge in [-0.1, -0.05) is 19.1 Å². The van der Waals surface area contributed by atoms with E-state index in [2.05, 4.69) is 22.8 Å². The molecule has 1 aliphatic rings. The van der Waals surface area contributed by atoms with Crippen LogP contribution in [0.25, 0.3) is 10.9 Å². The van der Waals surface area contributed by atoms with E-state index in [0.717, 1.165) is 21.9 Å². The maximum Gasteiger partial charge on any atom is 0.494 e. The van der Waals surface area contributed by atoms with Crippen LogP contribution in [-0.4, -0.2) is 34.6 Å². The summed E-state index contributed by atoms with van der Waals surface area (Å²) in [6, 6.07) is 8.59. The van der Waals surface area contributed by atoms with Crippen LogP contribution in [0.15, 0.2) is 24.4 Å². The highest BCUT2D eigenvalue weighted by atomic mass is 16.7. The molecule has 1 N–H and O–H groups in total. The molecule has 28 heavy (non-hydrogen) atoms. The SMILES string of the molecule is C[C@H](CO)Cn1cc(C(C)(C)C#N)c2ccc(B3OC(C)(C)C(C)(C)O3)cc21. The molecule has 1 aromatic heterocycles. The average molecular weight is 382 g/mol. The van der Waals surface area contributed by atoms with Gasteiger partial charge in [0.1, 0.15) is 0 Å². The zero-order valence-electron chi connectivity index (χ0n) is 18.0. The van der Waals surface area contributed by atoms with Crippen LogP contribution < -0.4 is 5.46 Å². The Kier molecular flexibility index (Phi) is 5.16. The predicted octanol–water partition coefficient (Wildman–Crippen LogP) is 3.37. The fourth-order valence-electron chi connectivity index (χ4n) is 3.54. The molecule has 0 bridgehead atoms. The Morgan fingerprint density at radius 2 is 1.82 bits per heavy atom. The van der Waals surface area contributed by atoms with Crippen molar-refractivity contribution in [2.75, 3.05) is 6.61 Å². The summed E-state index contributed by atoms with van der Waals surface area (Å²) >= 11 is 0. The van der Waals surface area contributed by atoms with E-state index in [1.165, 1.54) is 0 Å². The quantitative estimate of drug-likeness (QED) is 0.806. The molecule has 1 aliphatic heterocycles. The summed E-state index contributed by atoms with van der Waals surface area (Å²) in [5.74, 6) is 0.120. The van der Waals surface area contributed by atoms with Crippen LogP contribution in [-0.2, 0) is 21.3 Å². The molecule has 0 unspecified atom stereocenters. The number of nitrogens with zero attached hydrogens (tertiary/aromatic N) is 2. The number of nitriles is 1. The maximum absolute atomic E-state index is 9.65. The lowest BCUT2D eigenvalue weighted by molar-refractivity contribution is 0.00578. The van der Waals surface area contributed by atoms with E-state index >= 15 is 0 Å². The van der Waals surface area contributed by atoms with Crippen molar-refractivity contribution in [1.82, 2.24) is 4.57 Å². The van der Waals surface area contributed by atoms with Crippen LogP contribution in [0.1, 0.15) is 54.0 Å². The van der Waals surface area contributed by atoms with Crippen LogP contribution in [0.4, 0.5) is 0 Å². The summed E-state index contributed by atoms with van der Waals surface area (Å²) in [7, 11) is -0.430. The summed E-state index contributed by atoms with van der Waals surface area (Å²) in [6.45, 7) is 14.9. The van der Waals surface area contributed by atoms with Crippen LogP contribution in [0.5, 0.6) is 0 Å². The van der Waals surface area contributed by atoms with E-state index in [0.29, 0.717) is 6.54 Å². The molecule has 1 saturated heterocycles. The second-order valence-corrected chi connectivity index (χ2v) is 9.58. The number of hydrogen-bond acceptors (Lipinski definition) is 4. The van der Waals surface area contributed by atoms with Gasteiger partial charge in [0, 0.05) is 30.3 Å². The molecular formula is C22H31BN2O3. The minimum Gasteiger partial charge on any atom is -0.399 e. The van der Waals surface area contributed by atoms with E-state index in [-0.39, 0.29) is 12.5 Å². The minimum absolute atomic E-state index is 0.119. The molecular weight excluding hydrogens is 351 g/mol. The Hall–Kier alpha value is -1.81. The normalized spacial score (nSPS) is 19.8. The molecule has 0 amide bonds. The molecule has 6 heteroatoms. The number of hydrogen-bond donors (Lipinski definition) is 1. The van der Waals surface area contributed by atoms with Crippen molar-refractivity contribution < 1.29 is 14.4 Å². The lowest BCUT2D eigenvalue weighted by Gasteiger charge is -2.32. The Balaban J connectivity index is 2.10. The molecule has 1 fully saturated rings. The molecule has 5 nitrogen and oxygen atoms in total. The first-order valence-electron chi connectivity index (χ1n) is 9.93. The second kappa shape index (κ2) is 6.91. The van der Waals surface area contributed by atoms with Gasteiger partial charge < -0.3 is 19.0 Å². The summed E-state index contributed by atoms with van der Waals surface area (Å²) in [5.41, 5.74) is 1.60. The van der Waals surface area contributed by atoms with Crippen molar-refractivity contribution in [2.45, 2.75) is 71.6 Å². The highest BCUT2D eigenvalue weighted by molar-refractivity contribution is 6.62. The number of aliphatic hydroxyl groups is 1. The van der Waals surface area contributed by atoms with E-state index in [1.54, 1.807) is 0 Å². The van der Waals surface area contributed by atoms with Crippen LogP contribution in [0.3, 0.4) is 0 Å². The third-order valence-corrected chi connectivity index (χ3v) is 6.20. The number of aromatic nitrogens is 1. The van der Waals surface area contributed by atoms with Gasteiger partial charge >= 0.3 is 7.12 Å².